The van der Waals surface area contributed by atoms with Crippen LogP contribution in [-0.2, 0) is 15.0 Å². The van der Waals surface area contributed by atoms with Gasteiger partial charge in [-0.3, -0.25) is 9.59 Å². The third-order valence-corrected chi connectivity index (χ3v) is 3.70. The van der Waals surface area contributed by atoms with Gasteiger partial charge in [-0.1, -0.05) is 46.8 Å². The highest BCUT2D eigenvalue weighted by Crippen LogP contribution is 2.24. The van der Waals surface area contributed by atoms with E-state index in [1.807, 2.05) is 26.0 Å². The number of rotatable bonds is 7. The second kappa shape index (κ2) is 8.71. The van der Waals surface area contributed by atoms with Crippen molar-refractivity contribution in [1.29, 1.82) is 0 Å². The average molecular weight is 334 g/mol. The summed E-state index contributed by atoms with van der Waals surface area (Å²) in [7, 11) is 0. The summed E-state index contributed by atoms with van der Waals surface area (Å²) in [6.07, 6.45) is 0. The summed E-state index contributed by atoms with van der Waals surface area (Å²) >= 11 is 0. The van der Waals surface area contributed by atoms with Crippen LogP contribution in [0.5, 0.6) is 5.75 Å². The normalized spacial score (nSPS) is 12.6. The van der Waals surface area contributed by atoms with Gasteiger partial charge in [0.25, 0.3) is 0 Å². The predicted molar refractivity (Wildman–Crippen MR) is 96.1 cm³/mol. The molecule has 0 saturated carbocycles. The van der Waals surface area contributed by atoms with Crippen LogP contribution < -0.4 is 15.4 Å². The molecule has 1 aromatic carbocycles. The minimum atomic E-state index is -0.520. The smallest absolute Gasteiger partial charge is 0.242 e. The van der Waals surface area contributed by atoms with Gasteiger partial charge in [0.05, 0.1) is 6.54 Å². The zero-order valence-corrected chi connectivity index (χ0v) is 15.6. The Balaban J connectivity index is 2.42. The Morgan fingerprint density at radius 3 is 2.17 bits per heavy atom. The average Bonchev–Trinajstić information content (AvgIpc) is 2.48. The summed E-state index contributed by atoms with van der Waals surface area (Å²) in [5.41, 5.74) is 1.36. The number of carbonyl (C=O) groups is 2. The molecule has 0 heterocycles. The molecule has 1 atom stereocenters. The molecule has 0 saturated heterocycles. The first-order chi connectivity index (χ1) is 11.1. The van der Waals surface area contributed by atoms with Crippen molar-refractivity contribution in [3.8, 4) is 5.75 Å². The Kier molecular flexibility index (Phi) is 7.26. The Hall–Kier alpha value is -2.04. The molecule has 24 heavy (non-hydrogen) atoms. The molecule has 1 aromatic rings. The predicted octanol–water partition coefficient (Wildman–Crippen LogP) is 2.64. The molecular formula is C19H30N2O3. The van der Waals surface area contributed by atoms with Gasteiger partial charge in [-0.15, -0.1) is 0 Å². The summed E-state index contributed by atoms with van der Waals surface area (Å²) in [6.45, 7) is 12.5. The Bertz CT molecular complexity index is 545. The van der Waals surface area contributed by atoms with E-state index in [-0.39, 0.29) is 23.1 Å². The maximum atomic E-state index is 12.1. The molecule has 2 amide bonds. The largest absolute Gasteiger partial charge is 0.492 e. The monoisotopic (exact) mass is 334 g/mol. The first kappa shape index (κ1) is 20.0. The molecule has 0 aromatic heterocycles. The zero-order chi connectivity index (χ0) is 18.3. The van der Waals surface area contributed by atoms with Gasteiger partial charge in [0.15, 0.2) is 0 Å². The van der Waals surface area contributed by atoms with Gasteiger partial charge in [0.1, 0.15) is 18.4 Å². The van der Waals surface area contributed by atoms with Crippen LogP contribution >= 0.6 is 0 Å². The highest BCUT2D eigenvalue weighted by molar-refractivity contribution is 5.86. The van der Waals surface area contributed by atoms with E-state index >= 15 is 0 Å². The number of hydrogen-bond acceptors (Lipinski definition) is 3. The molecule has 0 aliphatic rings. The van der Waals surface area contributed by atoms with Crippen molar-refractivity contribution >= 4 is 11.8 Å². The van der Waals surface area contributed by atoms with Crippen LogP contribution in [0.1, 0.15) is 47.1 Å². The van der Waals surface area contributed by atoms with Crippen LogP contribution in [0.25, 0.3) is 0 Å². The third-order valence-electron chi connectivity index (χ3n) is 3.70. The van der Waals surface area contributed by atoms with Crippen LogP contribution in [0.15, 0.2) is 24.3 Å². The second-order valence-corrected chi connectivity index (χ2v) is 7.34. The Labute approximate surface area is 145 Å². The van der Waals surface area contributed by atoms with E-state index in [0.717, 1.165) is 5.75 Å². The molecule has 0 radical (unpaired) electrons. The summed E-state index contributed by atoms with van der Waals surface area (Å²) in [5.74, 6) is 0.408. The third kappa shape index (κ3) is 6.60. The second-order valence-electron chi connectivity index (χ2n) is 7.34. The van der Waals surface area contributed by atoms with Crippen molar-refractivity contribution in [3.63, 3.8) is 0 Å². The van der Waals surface area contributed by atoms with Gasteiger partial charge in [0.2, 0.25) is 11.8 Å². The lowest BCUT2D eigenvalue weighted by Gasteiger charge is -2.21. The molecular weight excluding hydrogens is 304 g/mol. The number of ether oxygens (including phenoxy) is 1. The minimum absolute atomic E-state index is 0.0276. The van der Waals surface area contributed by atoms with Crippen LogP contribution in [0.3, 0.4) is 0 Å². The van der Waals surface area contributed by atoms with E-state index in [1.54, 1.807) is 0 Å². The van der Waals surface area contributed by atoms with E-state index in [0.29, 0.717) is 13.2 Å². The van der Waals surface area contributed by atoms with Crippen molar-refractivity contribution in [2.24, 2.45) is 5.92 Å². The topological polar surface area (TPSA) is 67.4 Å². The molecule has 134 valence electrons. The van der Waals surface area contributed by atoms with Crippen molar-refractivity contribution in [2.45, 2.75) is 53.0 Å². The minimum Gasteiger partial charge on any atom is -0.492 e. The molecule has 5 heteroatoms. The van der Waals surface area contributed by atoms with Crippen molar-refractivity contribution in [1.82, 2.24) is 10.6 Å². The van der Waals surface area contributed by atoms with Crippen LogP contribution in [-0.4, -0.2) is 31.0 Å². The Morgan fingerprint density at radius 1 is 1.12 bits per heavy atom. The number of benzene rings is 1. The molecule has 0 bridgehead atoms. The highest BCUT2D eigenvalue weighted by atomic mass is 16.5. The maximum absolute atomic E-state index is 12.1. The molecule has 0 fully saturated rings. The quantitative estimate of drug-likeness (QED) is 0.753. The zero-order valence-electron chi connectivity index (χ0n) is 15.6. The molecule has 2 N–H and O–H groups in total. The number of nitrogens with one attached hydrogen (secondary N) is 2. The maximum Gasteiger partial charge on any atom is 0.242 e. The molecule has 0 aliphatic carbocycles. The molecule has 5 nitrogen and oxygen atoms in total. The number of amides is 2. The molecule has 1 rings (SSSR count). The van der Waals surface area contributed by atoms with Crippen LogP contribution in [0.4, 0.5) is 0 Å². The van der Waals surface area contributed by atoms with Crippen LogP contribution in [0, 0.1) is 5.92 Å². The number of carbonyl (C=O) groups excluding carboxylic acids is 2. The van der Waals surface area contributed by atoms with E-state index in [4.69, 9.17) is 4.74 Å². The molecule has 0 unspecified atom stereocenters. The van der Waals surface area contributed by atoms with Crippen molar-refractivity contribution in [3.05, 3.63) is 29.8 Å². The fourth-order valence-corrected chi connectivity index (χ4v) is 2.26. The van der Waals surface area contributed by atoms with Gasteiger partial charge in [0, 0.05) is 6.92 Å². The standard InChI is InChI=1S/C19H30N2O3/c1-13(2)17(21-14(3)22)18(23)20-11-12-24-16-9-7-15(8-10-16)19(4,5)6/h7-10,13,17H,11-12H2,1-6H3,(H,20,23)(H,21,22)/t17-/m0/s1. The summed E-state index contributed by atoms with van der Waals surface area (Å²) in [5, 5.41) is 5.46. The summed E-state index contributed by atoms with van der Waals surface area (Å²) < 4.78 is 5.64. The van der Waals surface area contributed by atoms with Gasteiger partial charge < -0.3 is 15.4 Å². The lowest BCUT2D eigenvalue weighted by Crippen LogP contribution is -2.49. The lowest BCUT2D eigenvalue weighted by atomic mass is 9.87. The van der Waals surface area contributed by atoms with E-state index in [1.165, 1.54) is 12.5 Å². The van der Waals surface area contributed by atoms with E-state index < -0.39 is 6.04 Å². The summed E-state index contributed by atoms with van der Waals surface area (Å²) in [6, 6.07) is 7.47. The highest BCUT2D eigenvalue weighted by Gasteiger charge is 2.22. The van der Waals surface area contributed by atoms with Gasteiger partial charge in [-0.25, -0.2) is 0 Å². The van der Waals surface area contributed by atoms with Crippen LogP contribution in [0.2, 0.25) is 0 Å². The molecule has 0 spiro atoms. The fraction of sp³-hybridized carbons (Fsp3) is 0.579. The van der Waals surface area contributed by atoms with Gasteiger partial charge in [-0.05, 0) is 29.0 Å². The molecule has 0 aliphatic heterocycles. The van der Waals surface area contributed by atoms with Crippen molar-refractivity contribution in [2.75, 3.05) is 13.2 Å². The summed E-state index contributed by atoms with van der Waals surface area (Å²) in [4.78, 5) is 23.3. The van der Waals surface area contributed by atoms with E-state index in [2.05, 4.69) is 43.5 Å². The number of hydrogen-bond donors (Lipinski definition) is 2. The first-order valence-electron chi connectivity index (χ1n) is 8.39. The van der Waals surface area contributed by atoms with E-state index in [9.17, 15) is 9.59 Å². The first-order valence-corrected chi connectivity index (χ1v) is 8.39. The van der Waals surface area contributed by atoms with Gasteiger partial charge >= 0.3 is 0 Å². The Morgan fingerprint density at radius 2 is 1.71 bits per heavy atom. The van der Waals surface area contributed by atoms with Crippen molar-refractivity contribution < 1.29 is 14.3 Å². The SMILES string of the molecule is CC(=O)N[C@H](C(=O)NCCOc1ccc(C(C)(C)C)cc1)C(C)C. The lowest BCUT2D eigenvalue weighted by molar-refractivity contribution is -0.129. The van der Waals surface area contributed by atoms with Gasteiger partial charge in [-0.2, -0.15) is 0 Å². The fourth-order valence-electron chi connectivity index (χ4n) is 2.26.